The molecule has 0 bridgehead atoms. The summed E-state index contributed by atoms with van der Waals surface area (Å²) in [6.45, 7) is 0. The van der Waals surface area contributed by atoms with Crippen molar-refractivity contribution in [3.05, 3.63) is 69.5 Å². The Labute approximate surface area is 127 Å². The summed E-state index contributed by atoms with van der Waals surface area (Å²) in [7, 11) is 0. The highest BCUT2D eigenvalue weighted by Crippen LogP contribution is 2.22. The van der Waals surface area contributed by atoms with Gasteiger partial charge in [0.1, 0.15) is 5.82 Å². The summed E-state index contributed by atoms with van der Waals surface area (Å²) in [4.78, 5) is 0. The Morgan fingerprint density at radius 2 is 1.75 bits per heavy atom. The highest BCUT2D eigenvalue weighted by atomic mass is 35.5. The third-order valence-corrected chi connectivity index (χ3v) is 3.80. The van der Waals surface area contributed by atoms with Gasteiger partial charge in [0.25, 0.3) is 0 Å². The molecule has 0 aromatic heterocycles. The molecule has 0 heterocycles. The van der Waals surface area contributed by atoms with E-state index in [4.69, 9.17) is 29.0 Å². The lowest BCUT2D eigenvalue weighted by Crippen LogP contribution is -2.38. The molecule has 0 saturated heterocycles. The normalized spacial score (nSPS) is 12.4. The highest BCUT2D eigenvalue weighted by molar-refractivity contribution is 6.31. The molecule has 0 aliphatic rings. The standard InChI is InChI=1S/C15H15Cl2FN2/c16-12-6-4-10(5-7-12)8-13(20-19)9-11-2-1-3-14(18)15(11)17/h1-7,13,20H,8-9,19H2. The van der Waals surface area contributed by atoms with Crippen LogP contribution in [0.4, 0.5) is 4.39 Å². The van der Waals surface area contributed by atoms with E-state index in [2.05, 4.69) is 5.43 Å². The zero-order valence-corrected chi connectivity index (χ0v) is 12.3. The van der Waals surface area contributed by atoms with Gasteiger partial charge in [-0.2, -0.15) is 0 Å². The van der Waals surface area contributed by atoms with E-state index in [-0.39, 0.29) is 11.1 Å². The summed E-state index contributed by atoms with van der Waals surface area (Å²) < 4.78 is 13.4. The van der Waals surface area contributed by atoms with E-state index in [1.807, 2.05) is 24.3 Å². The molecule has 3 N–H and O–H groups in total. The number of rotatable bonds is 5. The lowest BCUT2D eigenvalue weighted by Gasteiger charge is -2.17. The second-order valence-corrected chi connectivity index (χ2v) is 5.43. The van der Waals surface area contributed by atoms with Crippen LogP contribution in [-0.4, -0.2) is 6.04 Å². The first-order valence-electron chi connectivity index (χ1n) is 6.23. The fourth-order valence-corrected chi connectivity index (χ4v) is 2.40. The molecule has 2 rings (SSSR count). The van der Waals surface area contributed by atoms with E-state index < -0.39 is 5.82 Å². The molecule has 106 valence electrons. The maximum Gasteiger partial charge on any atom is 0.142 e. The van der Waals surface area contributed by atoms with Gasteiger partial charge in [-0.05, 0) is 42.2 Å². The number of hydrazine groups is 1. The van der Waals surface area contributed by atoms with Crippen LogP contribution in [0.1, 0.15) is 11.1 Å². The molecular formula is C15H15Cl2FN2. The summed E-state index contributed by atoms with van der Waals surface area (Å²) in [5.74, 6) is 5.16. The van der Waals surface area contributed by atoms with Gasteiger partial charge in [-0.1, -0.05) is 47.5 Å². The molecule has 0 radical (unpaired) electrons. The Morgan fingerprint density at radius 3 is 2.40 bits per heavy atom. The molecule has 0 fully saturated rings. The Morgan fingerprint density at radius 1 is 1.05 bits per heavy atom. The molecule has 5 heteroatoms. The van der Waals surface area contributed by atoms with Crippen LogP contribution in [0.15, 0.2) is 42.5 Å². The molecular weight excluding hydrogens is 298 g/mol. The summed E-state index contributed by atoms with van der Waals surface area (Å²) in [6, 6.07) is 12.3. The lowest BCUT2D eigenvalue weighted by atomic mass is 9.99. The molecule has 1 unspecified atom stereocenters. The van der Waals surface area contributed by atoms with Crippen molar-refractivity contribution in [1.29, 1.82) is 0 Å². The zero-order chi connectivity index (χ0) is 14.5. The summed E-state index contributed by atoms with van der Waals surface area (Å²) >= 11 is 11.8. The molecule has 20 heavy (non-hydrogen) atoms. The summed E-state index contributed by atoms with van der Waals surface area (Å²) in [5, 5.41) is 0.850. The van der Waals surface area contributed by atoms with Crippen LogP contribution in [0.3, 0.4) is 0 Å². The average molecular weight is 313 g/mol. The van der Waals surface area contributed by atoms with Gasteiger partial charge in [-0.3, -0.25) is 11.3 Å². The average Bonchev–Trinajstić information content (AvgIpc) is 2.45. The third-order valence-electron chi connectivity index (χ3n) is 3.13. The molecule has 0 saturated carbocycles. The molecule has 0 aliphatic carbocycles. The van der Waals surface area contributed by atoms with Crippen molar-refractivity contribution in [3.8, 4) is 0 Å². The number of nitrogens with two attached hydrogens (primary N) is 1. The minimum absolute atomic E-state index is 0.0320. The molecule has 2 nitrogen and oxygen atoms in total. The number of halogens is 3. The quantitative estimate of drug-likeness (QED) is 0.652. The van der Waals surface area contributed by atoms with Gasteiger partial charge in [-0.15, -0.1) is 0 Å². The summed E-state index contributed by atoms with van der Waals surface area (Å²) in [6.07, 6.45) is 1.26. The van der Waals surface area contributed by atoms with Gasteiger partial charge < -0.3 is 0 Å². The maximum absolute atomic E-state index is 13.4. The van der Waals surface area contributed by atoms with Crippen molar-refractivity contribution >= 4 is 23.2 Å². The monoisotopic (exact) mass is 312 g/mol. The zero-order valence-electron chi connectivity index (χ0n) is 10.7. The van der Waals surface area contributed by atoms with E-state index in [0.29, 0.717) is 17.9 Å². The van der Waals surface area contributed by atoms with Crippen LogP contribution in [0, 0.1) is 5.82 Å². The third kappa shape index (κ3) is 3.93. The first kappa shape index (κ1) is 15.3. The van der Waals surface area contributed by atoms with Crippen molar-refractivity contribution in [2.24, 2.45) is 5.84 Å². The van der Waals surface area contributed by atoms with Crippen molar-refractivity contribution in [2.45, 2.75) is 18.9 Å². The molecule has 0 aliphatic heterocycles. The number of hydrogen-bond acceptors (Lipinski definition) is 2. The Bertz CT molecular complexity index is 573. The first-order valence-corrected chi connectivity index (χ1v) is 6.99. The number of nitrogens with one attached hydrogen (secondary N) is 1. The Kier molecular flexibility index (Phi) is 5.38. The van der Waals surface area contributed by atoms with E-state index in [9.17, 15) is 4.39 Å². The summed E-state index contributed by atoms with van der Waals surface area (Å²) in [5.41, 5.74) is 4.59. The Balaban J connectivity index is 2.09. The predicted octanol–water partition coefficient (Wildman–Crippen LogP) is 3.75. The second kappa shape index (κ2) is 7.04. The van der Waals surface area contributed by atoms with E-state index >= 15 is 0 Å². The fraction of sp³-hybridized carbons (Fsp3) is 0.200. The van der Waals surface area contributed by atoms with Crippen molar-refractivity contribution in [2.75, 3.05) is 0 Å². The van der Waals surface area contributed by atoms with Crippen molar-refractivity contribution in [3.63, 3.8) is 0 Å². The van der Waals surface area contributed by atoms with Gasteiger partial charge in [0.05, 0.1) is 5.02 Å². The van der Waals surface area contributed by atoms with Crippen LogP contribution in [-0.2, 0) is 12.8 Å². The smallest absolute Gasteiger partial charge is 0.142 e. The van der Waals surface area contributed by atoms with Gasteiger partial charge in [0, 0.05) is 11.1 Å². The fourth-order valence-electron chi connectivity index (χ4n) is 2.07. The van der Waals surface area contributed by atoms with Gasteiger partial charge in [0.15, 0.2) is 0 Å². The van der Waals surface area contributed by atoms with Crippen molar-refractivity contribution < 1.29 is 4.39 Å². The Hall–Kier alpha value is -1.13. The van der Waals surface area contributed by atoms with Crippen LogP contribution in [0.2, 0.25) is 10.0 Å². The van der Waals surface area contributed by atoms with E-state index in [1.165, 1.54) is 6.07 Å². The first-order chi connectivity index (χ1) is 9.60. The SMILES string of the molecule is NNC(Cc1ccc(Cl)cc1)Cc1cccc(F)c1Cl. The van der Waals surface area contributed by atoms with Crippen LogP contribution < -0.4 is 11.3 Å². The van der Waals surface area contributed by atoms with Gasteiger partial charge >= 0.3 is 0 Å². The highest BCUT2D eigenvalue weighted by Gasteiger charge is 2.13. The topological polar surface area (TPSA) is 38.0 Å². The minimum Gasteiger partial charge on any atom is -0.271 e. The molecule has 0 amide bonds. The minimum atomic E-state index is -0.411. The van der Waals surface area contributed by atoms with Crippen molar-refractivity contribution in [1.82, 2.24) is 5.43 Å². The largest absolute Gasteiger partial charge is 0.271 e. The maximum atomic E-state index is 13.4. The molecule has 0 spiro atoms. The molecule has 2 aromatic carbocycles. The predicted molar refractivity (Wildman–Crippen MR) is 81.4 cm³/mol. The lowest BCUT2D eigenvalue weighted by molar-refractivity contribution is 0.520. The van der Waals surface area contributed by atoms with Crippen LogP contribution in [0.25, 0.3) is 0 Å². The second-order valence-electron chi connectivity index (χ2n) is 4.61. The van der Waals surface area contributed by atoms with E-state index in [1.54, 1.807) is 12.1 Å². The van der Waals surface area contributed by atoms with E-state index in [0.717, 1.165) is 11.1 Å². The molecule has 1 atom stereocenters. The van der Waals surface area contributed by atoms with Gasteiger partial charge in [-0.25, -0.2) is 4.39 Å². The molecule has 2 aromatic rings. The van der Waals surface area contributed by atoms with Crippen LogP contribution >= 0.6 is 23.2 Å². The number of hydrogen-bond donors (Lipinski definition) is 2. The number of benzene rings is 2. The van der Waals surface area contributed by atoms with Gasteiger partial charge in [0.2, 0.25) is 0 Å². The van der Waals surface area contributed by atoms with Crippen LogP contribution in [0.5, 0.6) is 0 Å².